The van der Waals surface area contributed by atoms with Crippen molar-refractivity contribution in [2.45, 2.75) is 45.1 Å². The molecule has 7 nitrogen and oxygen atoms in total. The third-order valence-electron chi connectivity index (χ3n) is 5.73. The van der Waals surface area contributed by atoms with Crippen LogP contribution in [0.2, 0.25) is 5.02 Å². The number of rotatable bonds is 8. The zero-order chi connectivity index (χ0) is 23.2. The maximum absolute atomic E-state index is 13.3. The van der Waals surface area contributed by atoms with Crippen LogP contribution in [0.5, 0.6) is 0 Å². The molecule has 1 fully saturated rings. The Kier molecular flexibility index (Phi) is 7.77. The third kappa shape index (κ3) is 5.81. The molecule has 0 N–H and O–H groups in total. The van der Waals surface area contributed by atoms with E-state index in [1.54, 1.807) is 33.3 Å². The minimum absolute atomic E-state index is 0.0241. The lowest BCUT2D eigenvalue weighted by Gasteiger charge is -2.35. The maximum Gasteiger partial charge on any atom is 0.249 e. The van der Waals surface area contributed by atoms with Gasteiger partial charge in [0.25, 0.3) is 0 Å². The van der Waals surface area contributed by atoms with E-state index in [2.05, 4.69) is 10.1 Å². The van der Waals surface area contributed by atoms with E-state index in [-0.39, 0.29) is 24.4 Å². The van der Waals surface area contributed by atoms with Gasteiger partial charge in [0.15, 0.2) is 0 Å². The van der Waals surface area contributed by atoms with Crippen LogP contribution in [0.25, 0.3) is 11.4 Å². The molecule has 0 bridgehead atoms. The molecule has 3 aromatic rings. The number of piperidine rings is 1. The molecule has 1 aliphatic rings. The van der Waals surface area contributed by atoms with Crippen molar-refractivity contribution in [3.8, 4) is 11.4 Å². The second-order valence-electron chi connectivity index (χ2n) is 8.13. The van der Waals surface area contributed by atoms with Gasteiger partial charge in [-0.2, -0.15) is 4.98 Å². The van der Waals surface area contributed by atoms with Gasteiger partial charge in [-0.05, 0) is 61.4 Å². The normalized spacial score (nSPS) is 16.1. The Hall–Kier alpha value is -2.71. The lowest BCUT2D eigenvalue weighted by Crippen LogP contribution is -2.46. The molecular weight excluding hydrogens is 460 g/mol. The van der Waals surface area contributed by atoms with Crippen molar-refractivity contribution in [1.29, 1.82) is 0 Å². The largest absolute Gasteiger partial charge is 0.337 e. The van der Waals surface area contributed by atoms with E-state index >= 15 is 0 Å². The van der Waals surface area contributed by atoms with Gasteiger partial charge in [-0.25, -0.2) is 0 Å². The number of benzene rings is 1. The first-order valence-electron chi connectivity index (χ1n) is 11.2. The van der Waals surface area contributed by atoms with Crippen molar-refractivity contribution in [3.05, 3.63) is 57.6 Å². The van der Waals surface area contributed by atoms with Crippen LogP contribution in [-0.4, -0.2) is 51.4 Å². The number of hydrogen-bond acceptors (Lipinski definition) is 6. The average molecular weight is 487 g/mol. The molecule has 1 unspecified atom stereocenters. The number of likely N-dealkylation sites (tertiary alicyclic amines) is 1. The highest BCUT2D eigenvalue weighted by Crippen LogP contribution is 2.31. The second-order valence-corrected chi connectivity index (χ2v) is 9.60. The predicted octanol–water partition coefficient (Wildman–Crippen LogP) is 4.99. The zero-order valence-electron chi connectivity index (χ0n) is 18.6. The van der Waals surface area contributed by atoms with E-state index in [0.29, 0.717) is 36.2 Å². The highest BCUT2D eigenvalue weighted by atomic mass is 35.5. The molecule has 1 aromatic carbocycles. The summed E-state index contributed by atoms with van der Waals surface area (Å²) in [5.41, 5.74) is 0.802. The number of amides is 2. The summed E-state index contributed by atoms with van der Waals surface area (Å²) in [6.45, 7) is 3.24. The Morgan fingerprint density at radius 1 is 1.24 bits per heavy atom. The van der Waals surface area contributed by atoms with E-state index in [9.17, 15) is 9.59 Å². The van der Waals surface area contributed by atoms with Crippen molar-refractivity contribution in [2.24, 2.45) is 0 Å². The fourth-order valence-electron chi connectivity index (χ4n) is 4.06. The summed E-state index contributed by atoms with van der Waals surface area (Å²) in [4.78, 5) is 35.2. The van der Waals surface area contributed by atoms with Crippen molar-refractivity contribution < 1.29 is 14.1 Å². The molecule has 174 valence electrons. The zero-order valence-corrected chi connectivity index (χ0v) is 20.1. The summed E-state index contributed by atoms with van der Waals surface area (Å²) < 4.78 is 5.57. The number of thiophene rings is 1. The Balaban J connectivity index is 1.47. The quantitative estimate of drug-likeness (QED) is 0.448. The average Bonchev–Trinajstić information content (AvgIpc) is 3.52. The van der Waals surface area contributed by atoms with E-state index < -0.39 is 0 Å². The molecule has 2 amide bonds. The molecular formula is C24H27ClN4O3S. The summed E-state index contributed by atoms with van der Waals surface area (Å²) in [5.74, 6) is 0.793. The smallest absolute Gasteiger partial charge is 0.249 e. The van der Waals surface area contributed by atoms with Gasteiger partial charge < -0.3 is 14.3 Å². The Labute approximate surface area is 202 Å². The van der Waals surface area contributed by atoms with Gasteiger partial charge in [0.2, 0.25) is 23.5 Å². The fraction of sp³-hybridized carbons (Fsp3) is 0.417. The number of nitrogens with zero attached hydrogens (tertiary/aromatic N) is 4. The molecule has 3 heterocycles. The Morgan fingerprint density at radius 3 is 2.79 bits per heavy atom. The minimum atomic E-state index is -0.282. The first kappa shape index (κ1) is 23.4. The van der Waals surface area contributed by atoms with E-state index in [1.165, 1.54) is 0 Å². The van der Waals surface area contributed by atoms with Gasteiger partial charge in [0.1, 0.15) is 6.04 Å². The van der Waals surface area contributed by atoms with Crippen LogP contribution in [0, 0.1) is 0 Å². The third-order valence-corrected chi connectivity index (χ3v) is 6.86. The van der Waals surface area contributed by atoms with Crippen LogP contribution in [0.1, 0.15) is 49.4 Å². The SMILES string of the molecule is CCCN(CC(=O)N1CCCCC1c1nc(-c2ccc(Cl)cc2)no1)C(=O)Cc1cccs1. The summed E-state index contributed by atoms with van der Waals surface area (Å²) >= 11 is 7.52. The first-order valence-corrected chi connectivity index (χ1v) is 12.5. The Morgan fingerprint density at radius 2 is 2.06 bits per heavy atom. The molecule has 0 aliphatic carbocycles. The van der Waals surface area contributed by atoms with Crippen LogP contribution in [-0.2, 0) is 16.0 Å². The van der Waals surface area contributed by atoms with Gasteiger partial charge in [0, 0.05) is 28.6 Å². The molecule has 4 rings (SSSR count). The number of aromatic nitrogens is 2. The number of carbonyl (C=O) groups is 2. The summed E-state index contributed by atoms with van der Waals surface area (Å²) in [6.07, 6.45) is 3.76. The fourth-order valence-corrected chi connectivity index (χ4v) is 4.89. The number of halogens is 1. The standard InChI is InChI=1S/C24H27ClN4O3S/c1-2-12-28(21(30)15-19-6-5-14-33-19)16-22(31)29-13-4-3-7-20(29)24-26-23(27-32-24)17-8-10-18(25)11-9-17/h5-6,8-11,14,20H,2-4,7,12-13,15-16H2,1H3. The molecule has 33 heavy (non-hydrogen) atoms. The van der Waals surface area contributed by atoms with Crippen LogP contribution in [0.3, 0.4) is 0 Å². The molecule has 1 atom stereocenters. The van der Waals surface area contributed by atoms with Crippen molar-refractivity contribution >= 4 is 34.8 Å². The van der Waals surface area contributed by atoms with E-state index in [1.807, 2.05) is 36.6 Å². The summed E-state index contributed by atoms with van der Waals surface area (Å²) in [6, 6.07) is 10.8. The highest BCUT2D eigenvalue weighted by Gasteiger charge is 2.33. The molecule has 1 aliphatic heterocycles. The van der Waals surface area contributed by atoms with Crippen molar-refractivity contribution in [1.82, 2.24) is 19.9 Å². The van der Waals surface area contributed by atoms with E-state index in [4.69, 9.17) is 16.1 Å². The van der Waals surface area contributed by atoms with Crippen LogP contribution < -0.4 is 0 Å². The van der Waals surface area contributed by atoms with Crippen LogP contribution in [0.4, 0.5) is 0 Å². The van der Waals surface area contributed by atoms with Gasteiger partial charge in [-0.3, -0.25) is 9.59 Å². The molecule has 0 spiro atoms. The Bertz CT molecular complexity index is 1070. The van der Waals surface area contributed by atoms with Crippen LogP contribution >= 0.6 is 22.9 Å². The topological polar surface area (TPSA) is 79.5 Å². The van der Waals surface area contributed by atoms with Crippen LogP contribution in [0.15, 0.2) is 46.3 Å². The van der Waals surface area contributed by atoms with Gasteiger partial charge in [0.05, 0.1) is 13.0 Å². The van der Waals surface area contributed by atoms with Gasteiger partial charge in [-0.1, -0.05) is 29.7 Å². The molecule has 2 aromatic heterocycles. The lowest BCUT2D eigenvalue weighted by atomic mass is 10.0. The van der Waals surface area contributed by atoms with Gasteiger partial charge in [-0.15, -0.1) is 11.3 Å². The lowest BCUT2D eigenvalue weighted by molar-refractivity contribution is -0.143. The molecule has 0 saturated carbocycles. The molecule has 0 radical (unpaired) electrons. The maximum atomic E-state index is 13.3. The molecule has 9 heteroatoms. The van der Waals surface area contributed by atoms with Crippen molar-refractivity contribution in [3.63, 3.8) is 0 Å². The number of carbonyl (C=O) groups excluding carboxylic acids is 2. The first-order chi connectivity index (χ1) is 16.0. The minimum Gasteiger partial charge on any atom is -0.337 e. The van der Waals surface area contributed by atoms with E-state index in [0.717, 1.165) is 36.1 Å². The predicted molar refractivity (Wildman–Crippen MR) is 128 cm³/mol. The highest BCUT2D eigenvalue weighted by molar-refractivity contribution is 7.10. The second kappa shape index (κ2) is 10.9. The molecule has 1 saturated heterocycles. The summed E-state index contributed by atoms with van der Waals surface area (Å²) in [5, 5.41) is 6.71. The summed E-state index contributed by atoms with van der Waals surface area (Å²) in [7, 11) is 0. The van der Waals surface area contributed by atoms with Gasteiger partial charge >= 0.3 is 0 Å². The number of hydrogen-bond donors (Lipinski definition) is 0. The van der Waals surface area contributed by atoms with Crippen molar-refractivity contribution in [2.75, 3.05) is 19.6 Å². The monoisotopic (exact) mass is 486 g/mol.